The summed E-state index contributed by atoms with van der Waals surface area (Å²) >= 11 is 0. The molecular weight excluding hydrogens is 222 g/mol. The molecule has 0 saturated carbocycles. The second-order valence-electron chi connectivity index (χ2n) is 3.34. The Balaban J connectivity index is 2.38. The Morgan fingerprint density at radius 1 is 1.35 bits per heavy atom. The van der Waals surface area contributed by atoms with Gasteiger partial charge in [-0.1, -0.05) is 0 Å². The summed E-state index contributed by atoms with van der Waals surface area (Å²) in [7, 11) is 1.51. The molecule has 2 rings (SSSR count). The maximum atomic E-state index is 10.9. The predicted molar refractivity (Wildman–Crippen MR) is 63.1 cm³/mol. The summed E-state index contributed by atoms with van der Waals surface area (Å²) in [6.07, 6.45) is 3.51. The molecule has 0 aliphatic heterocycles. The minimum absolute atomic E-state index is 0.000463. The van der Waals surface area contributed by atoms with Crippen molar-refractivity contribution in [1.29, 1.82) is 0 Å². The van der Waals surface area contributed by atoms with Crippen LogP contribution in [0.25, 0.3) is 0 Å². The van der Waals surface area contributed by atoms with Crippen LogP contribution in [0.1, 0.15) is 0 Å². The number of nitro groups is 1. The van der Waals surface area contributed by atoms with Gasteiger partial charge >= 0.3 is 0 Å². The molecule has 0 aliphatic rings. The topological polar surface area (TPSA) is 69.3 Å². The van der Waals surface area contributed by atoms with Crippen LogP contribution in [0.3, 0.4) is 0 Å². The van der Waals surface area contributed by atoms with Gasteiger partial charge in [0.2, 0.25) is 0 Å². The third-order valence-electron chi connectivity index (χ3n) is 2.25. The molecule has 88 valence electrons. The van der Waals surface area contributed by atoms with Gasteiger partial charge in [0, 0.05) is 24.5 Å². The van der Waals surface area contributed by atoms with Crippen molar-refractivity contribution in [3.63, 3.8) is 0 Å². The van der Waals surface area contributed by atoms with Gasteiger partial charge in [0.15, 0.2) is 0 Å². The minimum atomic E-state index is -0.439. The number of anilines is 1. The van der Waals surface area contributed by atoms with Gasteiger partial charge < -0.3 is 4.74 Å². The molecule has 0 bridgehead atoms. The van der Waals surface area contributed by atoms with E-state index >= 15 is 0 Å². The van der Waals surface area contributed by atoms with Crippen molar-refractivity contribution in [2.75, 3.05) is 12.5 Å². The molecule has 17 heavy (non-hydrogen) atoms. The highest BCUT2D eigenvalue weighted by atomic mass is 16.6. The van der Waals surface area contributed by atoms with Crippen molar-refractivity contribution in [1.82, 2.24) is 4.68 Å². The molecule has 0 radical (unpaired) electrons. The molecular formula is C11H11N3O3. The number of nitro benzene ring substituents is 1. The highest BCUT2D eigenvalue weighted by molar-refractivity contribution is 5.63. The Labute approximate surface area is 97.6 Å². The first-order valence-corrected chi connectivity index (χ1v) is 4.93. The number of benzene rings is 1. The highest BCUT2D eigenvalue weighted by Crippen LogP contribution is 2.28. The first kappa shape index (κ1) is 11.0. The number of nitrogens with one attached hydrogen (secondary N) is 1. The lowest BCUT2D eigenvalue weighted by atomic mass is 10.2. The molecule has 1 aromatic heterocycles. The van der Waals surface area contributed by atoms with Crippen molar-refractivity contribution in [2.45, 2.75) is 0 Å². The number of ether oxygens (including phenoxy) is 1. The maximum Gasteiger partial charge on any atom is 0.294 e. The zero-order chi connectivity index (χ0) is 12.3. The van der Waals surface area contributed by atoms with E-state index in [4.69, 9.17) is 4.74 Å². The van der Waals surface area contributed by atoms with E-state index in [1.54, 1.807) is 29.2 Å². The molecule has 0 saturated heterocycles. The van der Waals surface area contributed by atoms with Gasteiger partial charge in [-0.2, -0.15) is 0 Å². The van der Waals surface area contributed by atoms with Crippen molar-refractivity contribution < 1.29 is 9.66 Å². The molecule has 0 fully saturated rings. The molecule has 0 spiro atoms. The normalized spacial score (nSPS) is 9.94. The summed E-state index contributed by atoms with van der Waals surface area (Å²) in [5.41, 5.74) is 3.28. The average Bonchev–Trinajstić information content (AvgIpc) is 2.81. The number of hydrogen-bond donors (Lipinski definition) is 1. The summed E-state index contributed by atoms with van der Waals surface area (Å²) in [6, 6.07) is 8.18. The lowest BCUT2D eigenvalue weighted by molar-refractivity contribution is -0.384. The fourth-order valence-corrected chi connectivity index (χ4v) is 1.44. The fraction of sp³-hybridized carbons (Fsp3) is 0.0909. The van der Waals surface area contributed by atoms with Crippen molar-refractivity contribution >= 4 is 11.4 Å². The zero-order valence-electron chi connectivity index (χ0n) is 9.16. The minimum Gasteiger partial charge on any atom is -0.497 e. The van der Waals surface area contributed by atoms with Crippen LogP contribution in [0.2, 0.25) is 0 Å². The molecule has 1 aromatic carbocycles. The largest absolute Gasteiger partial charge is 0.497 e. The average molecular weight is 233 g/mol. The van der Waals surface area contributed by atoms with Crippen LogP contribution >= 0.6 is 0 Å². The van der Waals surface area contributed by atoms with Crippen molar-refractivity contribution in [3.05, 3.63) is 52.8 Å². The Morgan fingerprint density at radius 3 is 2.65 bits per heavy atom. The van der Waals surface area contributed by atoms with Gasteiger partial charge in [0.1, 0.15) is 11.4 Å². The molecule has 6 nitrogen and oxygen atoms in total. The predicted octanol–water partition coefficient (Wildman–Crippen LogP) is 2.28. The van der Waals surface area contributed by atoms with E-state index in [1.165, 1.54) is 13.2 Å². The molecule has 1 N–H and O–H groups in total. The van der Waals surface area contributed by atoms with Gasteiger partial charge in [-0.05, 0) is 18.2 Å². The van der Waals surface area contributed by atoms with Crippen molar-refractivity contribution in [2.24, 2.45) is 0 Å². The van der Waals surface area contributed by atoms with Gasteiger partial charge in [-0.15, -0.1) is 0 Å². The number of nitrogens with zero attached hydrogens (tertiary/aromatic N) is 2. The molecule has 6 heteroatoms. The van der Waals surface area contributed by atoms with Gasteiger partial charge in [-0.25, -0.2) is 0 Å². The van der Waals surface area contributed by atoms with E-state index in [1.807, 2.05) is 12.1 Å². The second-order valence-corrected chi connectivity index (χ2v) is 3.34. The van der Waals surface area contributed by atoms with Crippen LogP contribution < -0.4 is 10.2 Å². The van der Waals surface area contributed by atoms with Crippen LogP contribution in [0.4, 0.5) is 11.4 Å². The molecule has 1 heterocycles. The third-order valence-corrected chi connectivity index (χ3v) is 2.25. The molecule has 2 aromatic rings. The molecule has 0 amide bonds. The quantitative estimate of drug-likeness (QED) is 0.649. The summed E-state index contributed by atoms with van der Waals surface area (Å²) in [4.78, 5) is 10.4. The first-order chi connectivity index (χ1) is 8.20. The lowest BCUT2D eigenvalue weighted by Gasteiger charge is -2.09. The molecule has 0 aliphatic carbocycles. The van der Waals surface area contributed by atoms with E-state index in [9.17, 15) is 10.1 Å². The van der Waals surface area contributed by atoms with Crippen LogP contribution in [-0.2, 0) is 0 Å². The summed E-state index contributed by atoms with van der Waals surface area (Å²) < 4.78 is 6.66. The van der Waals surface area contributed by atoms with E-state index in [0.717, 1.165) is 0 Å². The number of hydrogen-bond acceptors (Lipinski definition) is 4. The molecule has 0 unspecified atom stereocenters. The zero-order valence-corrected chi connectivity index (χ0v) is 9.16. The van der Waals surface area contributed by atoms with Crippen LogP contribution in [-0.4, -0.2) is 16.7 Å². The Kier molecular flexibility index (Phi) is 2.95. The lowest BCUT2D eigenvalue weighted by Crippen LogP contribution is -2.08. The Bertz CT molecular complexity index is 523. The number of methoxy groups -OCH3 is 1. The standard InChI is InChI=1S/C11H11N3O3/c1-17-9-4-5-11(14(15)16)10(8-9)12-13-6-2-3-7-13/h2-8,12H,1H3. The van der Waals surface area contributed by atoms with E-state index in [2.05, 4.69) is 5.43 Å². The fourth-order valence-electron chi connectivity index (χ4n) is 1.44. The second kappa shape index (κ2) is 4.56. The van der Waals surface area contributed by atoms with Gasteiger partial charge in [0.25, 0.3) is 5.69 Å². The van der Waals surface area contributed by atoms with E-state index in [0.29, 0.717) is 11.4 Å². The van der Waals surface area contributed by atoms with Crippen LogP contribution in [0.5, 0.6) is 5.75 Å². The smallest absolute Gasteiger partial charge is 0.294 e. The highest BCUT2D eigenvalue weighted by Gasteiger charge is 2.14. The number of rotatable bonds is 4. The summed E-state index contributed by atoms with van der Waals surface area (Å²) in [6.45, 7) is 0. The Hall–Kier alpha value is -2.50. The first-order valence-electron chi connectivity index (χ1n) is 4.93. The van der Waals surface area contributed by atoms with Gasteiger partial charge in [0.05, 0.1) is 12.0 Å². The summed E-state index contributed by atoms with van der Waals surface area (Å²) in [5, 5.41) is 10.9. The van der Waals surface area contributed by atoms with Crippen LogP contribution in [0.15, 0.2) is 42.7 Å². The van der Waals surface area contributed by atoms with Gasteiger partial charge in [-0.3, -0.25) is 20.2 Å². The number of aromatic nitrogens is 1. The van der Waals surface area contributed by atoms with E-state index < -0.39 is 4.92 Å². The monoisotopic (exact) mass is 233 g/mol. The maximum absolute atomic E-state index is 10.9. The summed E-state index contributed by atoms with van der Waals surface area (Å²) in [5.74, 6) is 0.560. The van der Waals surface area contributed by atoms with E-state index in [-0.39, 0.29) is 5.69 Å². The SMILES string of the molecule is COc1ccc([N+](=O)[O-])c(Nn2cccc2)c1. The Morgan fingerprint density at radius 2 is 2.06 bits per heavy atom. The van der Waals surface area contributed by atoms with Crippen LogP contribution in [0, 0.1) is 10.1 Å². The molecule has 0 atom stereocenters. The third kappa shape index (κ3) is 2.36. The van der Waals surface area contributed by atoms with Crippen molar-refractivity contribution in [3.8, 4) is 5.75 Å².